The molecule has 0 heterocycles. The largest absolute Gasteiger partial charge is 0.480 e. The van der Waals surface area contributed by atoms with Gasteiger partial charge < -0.3 is 9.84 Å². The highest BCUT2D eigenvalue weighted by atomic mass is 79.9. The van der Waals surface area contributed by atoms with Crippen LogP contribution < -0.4 is 10.2 Å². The normalized spacial score (nSPS) is 10.6. The third kappa shape index (κ3) is 5.86. The van der Waals surface area contributed by atoms with Crippen molar-refractivity contribution in [2.45, 2.75) is 0 Å². The molecule has 11 heteroatoms. The lowest BCUT2D eigenvalue weighted by molar-refractivity contribution is -0.384. The minimum atomic E-state index is -1.10. The maximum Gasteiger partial charge on any atom is 0.341 e. The van der Waals surface area contributed by atoms with Crippen molar-refractivity contribution in [1.82, 2.24) is 5.43 Å². The van der Waals surface area contributed by atoms with Gasteiger partial charge in [0.2, 0.25) is 0 Å². The molecule has 0 spiro atoms. The van der Waals surface area contributed by atoms with E-state index in [-0.39, 0.29) is 11.3 Å². The number of nitro groups is 1. The summed E-state index contributed by atoms with van der Waals surface area (Å²) in [6.07, 6.45) is 1.37. The molecule has 0 saturated heterocycles. The number of hydrogen-bond donors (Lipinski definition) is 2. The van der Waals surface area contributed by atoms with Crippen LogP contribution in [0.25, 0.3) is 0 Å². The van der Waals surface area contributed by atoms with E-state index in [9.17, 15) is 19.7 Å². The molecule has 0 saturated carbocycles. The van der Waals surface area contributed by atoms with Gasteiger partial charge in [-0.3, -0.25) is 14.9 Å². The Bertz CT molecular complexity index is 892. The fourth-order valence-electron chi connectivity index (χ4n) is 1.89. The number of nitrogens with zero attached hydrogens (tertiary/aromatic N) is 2. The summed E-state index contributed by atoms with van der Waals surface area (Å²) in [4.78, 5) is 32.6. The SMILES string of the molecule is O=C(O)COc1c(Br)cc(/C=N\NC(=O)c2ccc([N+](=O)[O-])cc2)cc1Br. The molecule has 2 aromatic rings. The van der Waals surface area contributed by atoms with Gasteiger partial charge in [-0.05, 0) is 61.7 Å². The van der Waals surface area contributed by atoms with Gasteiger partial charge in [0.15, 0.2) is 6.61 Å². The summed E-state index contributed by atoms with van der Waals surface area (Å²) in [5.74, 6) is -1.31. The molecular weight excluding hydrogens is 490 g/mol. The van der Waals surface area contributed by atoms with Gasteiger partial charge in [-0.2, -0.15) is 5.10 Å². The number of amides is 1. The molecule has 2 N–H and O–H groups in total. The van der Waals surface area contributed by atoms with Crippen molar-refractivity contribution in [3.63, 3.8) is 0 Å². The van der Waals surface area contributed by atoms with Crippen molar-refractivity contribution >= 4 is 55.6 Å². The Balaban J connectivity index is 2.04. The number of nitro benzene ring substituents is 1. The fourth-order valence-corrected chi connectivity index (χ4v) is 3.34. The molecular formula is C16H11Br2N3O6. The van der Waals surface area contributed by atoms with Gasteiger partial charge in [0.25, 0.3) is 11.6 Å². The van der Waals surface area contributed by atoms with Crippen molar-refractivity contribution in [3.8, 4) is 5.75 Å². The minimum absolute atomic E-state index is 0.116. The summed E-state index contributed by atoms with van der Waals surface area (Å²) in [5, 5.41) is 23.1. The second-order valence-electron chi connectivity index (χ2n) is 5.00. The number of hydrazone groups is 1. The summed E-state index contributed by atoms with van der Waals surface area (Å²) >= 11 is 6.54. The lowest BCUT2D eigenvalue weighted by Gasteiger charge is -2.09. The molecule has 0 unspecified atom stereocenters. The van der Waals surface area contributed by atoms with Gasteiger partial charge in [0, 0.05) is 17.7 Å². The Kier molecular flexibility index (Phi) is 7.02. The average molecular weight is 501 g/mol. The van der Waals surface area contributed by atoms with Crippen LogP contribution in [0, 0.1) is 10.1 Å². The maximum absolute atomic E-state index is 12.0. The lowest BCUT2D eigenvalue weighted by atomic mass is 10.2. The second-order valence-corrected chi connectivity index (χ2v) is 6.71. The molecule has 0 aliphatic carbocycles. The fraction of sp³-hybridized carbons (Fsp3) is 0.0625. The molecule has 0 radical (unpaired) electrons. The molecule has 0 fully saturated rings. The van der Waals surface area contributed by atoms with Crippen LogP contribution in [-0.4, -0.2) is 34.7 Å². The molecule has 0 aliphatic rings. The number of rotatable bonds is 7. The third-order valence-corrected chi connectivity index (χ3v) is 4.26. The molecule has 2 aromatic carbocycles. The standard InChI is InChI=1S/C16H11Br2N3O6/c17-12-5-9(6-13(18)15(12)27-8-14(22)23)7-19-20-16(24)10-1-3-11(4-2-10)21(25)26/h1-7H,8H2,(H,20,24)(H,22,23)/b19-7-. The molecule has 9 nitrogen and oxygen atoms in total. The summed E-state index contributed by atoms with van der Waals surface area (Å²) in [6.45, 7) is -0.490. The van der Waals surface area contributed by atoms with E-state index in [2.05, 4.69) is 42.4 Å². The predicted octanol–water partition coefficient (Wildman–Crippen LogP) is 3.35. The van der Waals surface area contributed by atoms with Crippen LogP contribution in [0.5, 0.6) is 5.75 Å². The Morgan fingerprint density at radius 1 is 1.22 bits per heavy atom. The lowest BCUT2D eigenvalue weighted by Crippen LogP contribution is -2.17. The first-order valence-electron chi connectivity index (χ1n) is 7.19. The van der Waals surface area contributed by atoms with E-state index in [0.29, 0.717) is 20.3 Å². The summed E-state index contributed by atoms with van der Waals surface area (Å²) in [7, 11) is 0. The van der Waals surface area contributed by atoms with E-state index in [0.717, 1.165) is 0 Å². The van der Waals surface area contributed by atoms with E-state index in [1.165, 1.54) is 30.5 Å². The summed E-state index contributed by atoms with van der Waals surface area (Å²) in [5.41, 5.74) is 3.01. The number of nitrogens with one attached hydrogen (secondary N) is 1. The molecule has 0 atom stereocenters. The van der Waals surface area contributed by atoms with Gasteiger partial charge in [0.05, 0.1) is 20.1 Å². The number of benzene rings is 2. The third-order valence-electron chi connectivity index (χ3n) is 3.08. The van der Waals surface area contributed by atoms with Gasteiger partial charge in [0.1, 0.15) is 5.75 Å². The monoisotopic (exact) mass is 499 g/mol. The molecule has 2 rings (SSSR count). The highest BCUT2D eigenvalue weighted by Gasteiger charge is 2.11. The Labute approximate surface area is 169 Å². The summed E-state index contributed by atoms with van der Waals surface area (Å²) < 4.78 is 6.16. The molecule has 140 valence electrons. The zero-order chi connectivity index (χ0) is 20.0. The second kappa shape index (κ2) is 9.24. The van der Waals surface area contributed by atoms with Crippen molar-refractivity contribution in [2.75, 3.05) is 6.61 Å². The number of halogens is 2. The first-order chi connectivity index (χ1) is 12.8. The van der Waals surface area contributed by atoms with Crippen LogP contribution in [0.2, 0.25) is 0 Å². The number of carboxylic acids is 1. The number of hydrogen-bond acceptors (Lipinski definition) is 6. The molecule has 1 amide bonds. The van der Waals surface area contributed by atoms with E-state index < -0.39 is 23.4 Å². The van der Waals surface area contributed by atoms with Crippen molar-refractivity contribution in [3.05, 3.63) is 66.6 Å². The number of aliphatic carboxylic acids is 1. The van der Waals surface area contributed by atoms with Crippen LogP contribution in [0.15, 0.2) is 50.4 Å². The Morgan fingerprint density at radius 2 is 1.81 bits per heavy atom. The predicted molar refractivity (Wildman–Crippen MR) is 103 cm³/mol. The molecule has 0 bridgehead atoms. The molecule has 27 heavy (non-hydrogen) atoms. The van der Waals surface area contributed by atoms with E-state index in [4.69, 9.17) is 9.84 Å². The van der Waals surface area contributed by atoms with E-state index >= 15 is 0 Å². The zero-order valence-corrected chi connectivity index (χ0v) is 16.6. The number of non-ortho nitro benzene ring substituents is 1. The van der Waals surface area contributed by atoms with Gasteiger partial charge in [-0.1, -0.05) is 0 Å². The van der Waals surface area contributed by atoms with Crippen molar-refractivity contribution in [2.24, 2.45) is 5.10 Å². The first-order valence-corrected chi connectivity index (χ1v) is 8.78. The van der Waals surface area contributed by atoms with Crippen LogP contribution in [0.3, 0.4) is 0 Å². The first kappa shape index (κ1) is 20.5. The number of carbonyl (C=O) groups is 2. The van der Waals surface area contributed by atoms with E-state index in [1.54, 1.807) is 12.1 Å². The highest BCUT2D eigenvalue weighted by molar-refractivity contribution is 9.11. The molecule has 0 aliphatic heterocycles. The van der Waals surface area contributed by atoms with Crippen LogP contribution in [0.1, 0.15) is 15.9 Å². The van der Waals surface area contributed by atoms with Crippen molar-refractivity contribution < 1.29 is 24.4 Å². The smallest absolute Gasteiger partial charge is 0.341 e. The van der Waals surface area contributed by atoms with Crippen LogP contribution in [0.4, 0.5) is 5.69 Å². The number of carbonyl (C=O) groups excluding carboxylic acids is 1. The minimum Gasteiger partial charge on any atom is -0.480 e. The van der Waals surface area contributed by atoms with Crippen LogP contribution in [-0.2, 0) is 4.79 Å². The zero-order valence-electron chi connectivity index (χ0n) is 13.4. The molecule has 0 aromatic heterocycles. The maximum atomic E-state index is 12.0. The van der Waals surface area contributed by atoms with E-state index in [1.807, 2.05) is 0 Å². The average Bonchev–Trinajstić information content (AvgIpc) is 2.60. The Hall–Kier alpha value is -2.79. The highest BCUT2D eigenvalue weighted by Crippen LogP contribution is 2.34. The Morgan fingerprint density at radius 3 is 2.33 bits per heavy atom. The van der Waals surface area contributed by atoms with Crippen molar-refractivity contribution in [1.29, 1.82) is 0 Å². The van der Waals surface area contributed by atoms with Gasteiger partial charge >= 0.3 is 5.97 Å². The quantitative estimate of drug-likeness (QED) is 0.340. The topological polar surface area (TPSA) is 131 Å². The number of carboxylic acid groups (broad SMARTS) is 1. The number of ether oxygens (including phenoxy) is 1. The summed E-state index contributed by atoms with van der Waals surface area (Å²) in [6, 6.07) is 8.36. The van der Waals surface area contributed by atoms with Gasteiger partial charge in [-0.25, -0.2) is 10.2 Å². The van der Waals surface area contributed by atoms with Crippen LogP contribution >= 0.6 is 31.9 Å². The van der Waals surface area contributed by atoms with Gasteiger partial charge in [-0.15, -0.1) is 0 Å².